The molecule has 2 aromatic carbocycles. The highest BCUT2D eigenvalue weighted by Gasteiger charge is 2.26. The first-order chi connectivity index (χ1) is 14.9. The van der Waals surface area contributed by atoms with E-state index in [1.54, 1.807) is 30.0 Å². The molecule has 1 fully saturated rings. The Kier molecular flexibility index (Phi) is 6.25. The van der Waals surface area contributed by atoms with Crippen molar-refractivity contribution >= 4 is 40.7 Å². The lowest BCUT2D eigenvalue weighted by atomic mass is 10.1. The summed E-state index contributed by atoms with van der Waals surface area (Å²) in [6.07, 6.45) is 0.768. The molecule has 31 heavy (non-hydrogen) atoms. The second-order valence-corrected chi connectivity index (χ2v) is 8.27. The number of halogens is 1. The van der Waals surface area contributed by atoms with Gasteiger partial charge in [-0.3, -0.25) is 19.3 Å². The van der Waals surface area contributed by atoms with Crippen molar-refractivity contribution in [2.45, 2.75) is 13.3 Å². The van der Waals surface area contributed by atoms with E-state index in [1.807, 2.05) is 34.1 Å². The number of fused-ring (bicyclic) bond motifs is 1. The maximum atomic E-state index is 13.0. The minimum atomic E-state index is -0.124. The van der Waals surface area contributed by atoms with Gasteiger partial charge in [-0.1, -0.05) is 23.7 Å². The van der Waals surface area contributed by atoms with E-state index in [0.29, 0.717) is 49.0 Å². The maximum Gasteiger partial charge on any atom is 0.253 e. The molecule has 4 rings (SSSR count). The molecule has 0 spiro atoms. The Morgan fingerprint density at radius 3 is 2.45 bits per heavy atom. The molecule has 0 bridgehead atoms. The van der Waals surface area contributed by atoms with Gasteiger partial charge in [-0.2, -0.15) is 0 Å². The van der Waals surface area contributed by atoms with Crippen molar-refractivity contribution in [1.82, 2.24) is 9.80 Å². The third kappa shape index (κ3) is 4.73. The summed E-state index contributed by atoms with van der Waals surface area (Å²) in [5.74, 6) is -0.113. The van der Waals surface area contributed by atoms with Gasteiger partial charge in [0.25, 0.3) is 5.91 Å². The smallest absolute Gasteiger partial charge is 0.253 e. The molecule has 2 aromatic rings. The first-order valence-electron chi connectivity index (χ1n) is 10.4. The summed E-state index contributed by atoms with van der Waals surface area (Å²) in [7, 11) is 0. The SMILES string of the molecule is CC(=O)N1CCc2cc(C(=O)N3CCN(CC(=O)Nc4ccccc4Cl)CC3)ccc21. The van der Waals surface area contributed by atoms with Crippen LogP contribution in [-0.2, 0) is 16.0 Å². The number of hydrogen-bond donors (Lipinski definition) is 1. The first-order valence-corrected chi connectivity index (χ1v) is 10.8. The predicted molar refractivity (Wildman–Crippen MR) is 121 cm³/mol. The normalized spacial score (nSPS) is 16.2. The number of piperazine rings is 1. The van der Waals surface area contributed by atoms with Crippen LogP contribution >= 0.6 is 11.6 Å². The zero-order chi connectivity index (χ0) is 22.0. The molecule has 2 aliphatic rings. The number of para-hydroxylation sites is 1. The van der Waals surface area contributed by atoms with Crippen molar-refractivity contribution < 1.29 is 14.4 Å². The fraction of sp³-hybridized carbons (Fsp3) is 0.348. The number of nitrogens with one attached hydrogen (secondary N) is 1. The van der Waals surface area contributed by atoms with Crippen molar-refractivity contribution in [3.8, 4) is 0 Å². The lowest BCUT2D eigenvalue weighted by molar-refractivity contribution is -0.118. The van der Waals surface area contributed by atoms with Crippen LogP contribution in [0.5, 0.6) is 0 Å². The molecule has 0 aromatic heterocycles. The van der Waals surface area contributed by atoms with Crippen LogP contribution in [0.25, 0.3) is 0 Å². The van der Waals surface area contributed by atoms with Crippen LogP contribution in [0.2, 0.25) is 5.02 Å². The van der Waals surface area contributed by atoms with E-state index in [2.05, 4.69) is 5.32 Å². The summed E-state index contributed by atoms with van der Waals surface area (Å²) in [4.78, 5) is 42.6. The molecular formula is C23H25ClN4O3. The fourth-order valence-electron chi connectivity index (χ4n) is 4.11. The van der Waals surface area contributed by atoms with Gasteiger partial charge in [0.05, 0.1) is 17.3 Å². The van der Waals surface area contributed by atoms with Crippen LogP contribution in [0, 0.1) is 0 Å². The van der Waals surface area contributed by atoms with Crippen molar-refractivity contribution in [1.29, 1.82) is 0 Å². The van der Waals surface area contributed by atoms with Crippen LogP contribution in [0.4, 0.5) is 11.4 Å². The predicted octanol–water partition coefficient (Wildman–Crippen LogP) is 2.65. The quantitative estimate of drug-likeness (QED) is 0.793. The number of nitrogens with zero attached hydrogens (tertiary/aromatic N) is 3. The maximum absolute atomic E-state index is 13.0. The summed E-state index contributed by atoms with van der Waals surface area (Å²) < 4.78 is 0. The van der Waals surface area contributed by atoms with Gasteiger partial charge < -0.3 is 15.1 Å². The van der Waals surface area contributed by atoms with Crippen LogP contribution in [0.1, 0.15) is 22.8 Å². The van der Waals surface area contributed by atoms with Crippen LogP contribution in [0.3, 0.4) is 0 Å². The van der Waals surface area contributed by atoms with Crippen LogP contribution < -0.4 is 10.2 Å². The average Bonchev–Trinajstić information content (AvgIpc) is 3.19. The topological polar surface area (TPSA) is 73.0 Å². The highest BCUT2D eigenvalue weighted by Crippen LogP contribution is 2.29. The minimum absolute atomic E-state index is 0.00996. The summed E-state index contributed by atoms with van der Waals surface area (Å²) in [6, 6.07) is 12.7. The van der Waals surface area contributed by atoms with Crippen LogP contribution in [-0.4, -0.2) is 66.8 Å². The van der Waals surface area contributed by atoms with E-state index in [4.69, 9.17) is 11.6 Å². The number of carbonyl (C=O) groups is 3. The van der Waals surface area contributed by atoms with Gasteiger partial charge in [-0.15, -0.1) is 0 Å². The Bertz CT molecular complexity index is 1020. The molecule has 0 radical (unpaired) electrons. The minimum Gasteiger partial charge on any atom is -0.336 e. The molecule has 0 unspecified atom stereocenters. The summed E-state index contributed by atoms with van der Waals surface area (Å²) in [5, 5.41) is 3.34. The standard InChI is InChI=1S/C23H25ClN4O3/c1-16(29)28-9-8-17-14-18(6-7-21(17)28)23(31)27-12-10-26(11-13-27)15-22(30)25-20-5-3-2-4-19(20)24/h2-7,14H,8-13,15H2,1H3,(H,25,30). The highest BCUT2D eigenvalue weighted by atomic mass is 35.5. The molecular weight excluding hydrogens is 416 g/mol. The molecule has 7 nitrogen and oxygen atoms in total. The van der Waals surface area contributed by atoms with Gasteiger partial charge in [0.2, 0.25) is 11.8 Å². The number of anilines is 2. The summed E-state index contributed by atoms with van der Waals surface area (Å²) >= 11 is 6.09. The Balaban J connectivity index is 1.31. The molecule has 3 amide bonds. The zero-order valence-corrected chi connectivity index (χ0v) is 18.2. The van der Waals surface area contributed by atoms with Gasteiger partial charge >= 0.3 is 0 Å². The number of rotatable bonds is 4. The largest absolute Gasteiger partial charge is 0.336 e. The van der Waals surface area contributed by atoms with E-state index in [1.165, 1.54) is 0 Å². The fourth-order valence-corrected chi connectivity index (χ4v) is 4.29. The summed E-state index contributed by atoms with van der Waals surface area (Å²) in [5.41, 5.74) is 3.19. The van der Waals surface area contributed by atoms with E-state index in [-0.39, 0.29) is 24.3 Å². The Labute approximate surface area is 186 Å². The molecule has 2 heterocycles. The third-order valence-corrected chi connectivity index (χ3v) is 6.11. The van der Waals surface area contributed by atoms with Crippen molar-refractivity contribution in [3.63, 3.8) is 0 Å². The Morgan fingerprint density at radius 2 is 1.74 bits per heavy atom. The molecule has 8 heteroatoms. The van der Waals surface area contributed by atoms with Gasteiger partial charge in [0.1, 0.15) is 0 Å². The first kappa shape index (κ1) is 21.3. The number of benzene rings is 2. The Morgan fingerprint density at radius 1 is 1.00 bits per heavy atom. The van der Waals surface area contributed by atoms with Crippen LogP contribution in [0.15, 0.2) is 42.5 Å². The van der Waals surface area contributed by atoms with E-state index in [9.17, 15) is 14.4 Å². The van der Waals surface area contributed by atoms with Crippen molar-refractivity contribution in [2.75, 3.05) is 49.5 Å². The molecule has 1 N–H and O–H groups in total. The van der Waals surface area contributed by atoms with Gasteiger partial charge in [-0.05, 0) is 42.3 Å². The van der Waals surface area contributed by atoms with E-state index in [0.717, 1.165) is 17.7 Å². The lowest BCUT2D eigenvalue weighted by Crippen LogP contribution is -2.50. The molecule has 162 valence electrons. The van der Waals surface area contributed by atoms with E-state index >= 15 is 0 Å². The molecule has 0 saturated carbocycles. The second kappa shape index (κ2) is 9.08. The molecule has 2 aliphatic heterocycles. The zero-order valence-electron chi connectivity index (χ0n) is 17.4. The van der Waals surface area contributed by atoms with Crippen molar-refractivity contribution in [2.24, 2.45) is 0 Å². The monoisotopic (exact) mass is 440 g/mol. The number of amides is 3. The summed E-state index contributed by atoms with van der Waals surface area (Å²) in [6.45, 7) is 4.87. The molecule has 0 aliphatic carbocycles. The second-order valence-electron chi connectivity index (χ2n) is 7.86. The lowest BCUT2D eigenvalue weighted by Gasteiger charge is -2.34. The van der Waals surface area contributed by atoms with Gasteiger partial charge in [0.15, 0.2) is 0 Å². The molecule has 0 atom stereocenters. The van der Waals surface area contributed by atoms with Crippen molar-refractivity contribution in [3.05, 3.63) is 58.6 Å². The molecule has 1 saturated heterocycles. The van der Waals surface area contributed by atoms with E-state index < -0.39 is 0 Å². The van der Waals surface area contributed by atoms with Gasteiger partial charge in [-0.25, -0.2) is 0 Å². The third-order valence-electron chi connectivity index (χ3n) is 5.78. The number of hydrogen-bond acceptors (Lipinski definition) is 4. The number of carbonyl (C=O) groups excluding carboxylic acids is 3. The van der Waals surface area contributed by atoms with Gasteiger partial charge in [0, 0.05) is 50.9 Å². The average molecular weight is 441 g/mol. The highest BCUT2D eigenvalue weighted by molar-refractivity contribution is 6.33. The Hall–Kier alpha value is -2.90.